The molecule has 3 heterocycles. The van der Waals surface area contributed by atoms with Crippen molar-refractivity contribution in [2.45, 2.75) is 12.6 Å². The standard InChI is InChI=1S/C13H13N3O2S2/c17-20(18)6-4-10(9-20)15-7-11-8-19-13(16-11)12-3-1-2-5-14-12/h1-6,8,10,15H,7,9H2. The van der Waals surface area contributed by atoms with E-state index in [1.165, 1.54) is 16.7 Å². The molecule has 7 heteroatoms. The van der Waals surface area contributed by atoms with Crippen molar-refractivity contribution >= 4 is 21.2 Å². The SMILES string of the molecule is O=S1(=O)C=CC(NCc2csc(-c3ccccn3)n2)C1. The van der Waals surface area contributed by atoms with Gasteiger partial charge in [-0.25, -0.2) is 13.4 Å². The van der Waals surface area contributed by atoms with Gasteiger partial charge in [-0.2, -0.15) is 0 Å². The van der Waals surface area contributed by atoms with E-state index >= 15 is 0 Å². The number of hydrogen-bond acceptors (Lipinski definition) is 6. The molecule has 1 N–H and O–H groups in total. The molecule has 1 aliphatic heterocycles. The summed E-state index contributed by atoms with van der Waals surface area (Å²) in [5, 5.41) is 7.28. The number of aromatic nitrogens is 2. The van der Waals surface area contributed by atoms with Gasteiger partial charge < -0.3 is 5.32 Å². The molecule has 0 aliphatic carbocycles. The van der Waals surface area contributed by atoms with Crippen LogP contribution in [0.1, 0.15) is 5.69 Å². The second kappa shape index (κ2) is 5.43. The van der Waals surface area contributed by atoms with Crippen molar-refractivity contribution < 1.29 is 8.42 Å². The predicted molar refractivity (Wildman–Crippen MR) is 78.9 cm³/mol. The number of sulfone groups is 1. The quantitative estimate of drug-likeness (QED) is 0.929. The van der Waals surface area contributed by atoms with Crippen molar-refractivity contribution in [2.75, 3.05) is 5.75 Å². The summed E-state index contributed by atoms with van der Waals surface area (Å²) in [7, 11) is -3.01. The highest BCUT2D eigenvalue weighted by Gasteiger charge is 2.21. The van der Waals surface area contributed by atoms with Crippen molar-refractivity contribution in [2.24, 2.45) is 0 Å². The Labute approximate surface area is 121 Å². The van der Waals surface area contributed by atoms with Crippen LogP contribution in [0.25, 0.3) is 10.7 Å². The summed E-state index contributed by atoms with van der Waals surface area (Å²) in [4.78, 5) is 8.75. The minimum Gasteiger partial charge on any atom is -0.304 e. The molecule has 0 spiro atoms. The van der Waals surface area contributed by atoms with Crippen molar-refractivity contribution in [3.05, 3.63) is 47.0 Å². The Hall–Kier alpha value is -1.57. The average Bonchev–Trinajstić information content (AvgIpc) is 3.04. The highest BCUT2D eigenvalue weighted by Crippen LogP contribution is 2.21. The van der Waals surface area contributed by atoms with Gasteiger partial charge in [-0.3, -0.25) is 4.98 Å². The van der Waals surface area contributed by atoms with Crippen LogP contribution in [-0.2, 0) is 16.4 Å². The van der Waals surface area contributed by atoms with Crippen LogP contribution in [0.2, 0.25) is 0 Å². The zero-order valence-electron chi connectivity index (χ0n) is 10.6. The van der Waals surface area contributed by atoms with Gasteiger partial charge in [0.05, 0.1) is 17.1 Å². The first-order chi connectivity index (χ1) is 9.62. The Balaban J connectivity index is 1.63. The summed E-state index contributed by atoms with van der Waals surface area (Å²) < 4.78 is 22.6. The topological polar surface area (TPSA) is 72.0 Å². The molecule has 1 aliphatic rings. The first-order valence-electron chi connectivity index (χ1n) is 6.12. The molecule has 0 aromatic carbocycles. The lowest BCUT2D eigenvalue weighted by atomic mass is 10.3. The van der Waals surface area contributed by atoms with Gasteiger partial charge in [-0.1, -0.05) is 12.1 Å². The third-order valence-corrected chi connectivity index (χ3v) is 5.22. The monoisotopic (exact) mass is 307 g/mol. The van der Waals surface area contributed by atoms with E-state index in [2.05, 4.69) is 15.3 Å². The molecular weight excluding hydrogens is 294 g/mol. The third kappa shape index (κ3) is 3.12. The zero-order chi connectivity index (χ0) is 14.0. The molecule has 0 amide bonds. The lowest BCUT2D eigenvalue weighted by Gasteiger charge is -2.07. The number of rotatable bonds is 4. The zero-order valence-corrected chi connectivity index (χ0v) is 12.2. The van der Waals surface area contributed by atoms with Gasteiger partial charge in [0.2, 0.25) is 0 Å². The minimum atomic E-state index is -3.01. The number of nitrogens with one attached hydrogen (secondary N) is 1. The summed E-state index contributed by atoms with van der Waals surface area (Å²) in [5.41, 5.74) is 1.75. The maximum atomic E-state index is 11.3. The first-order valence-corrected chi connectivity index (χ1v) is 8.72. The second-order valence-electron chi connectivity index (χ2n) is 4.50. The van der Waals surface area contributed by atoms with Crippen LogP contribution >= 0.6 is 11.3 Å². The molecule has 0 saturated carbocycles. The normalized spacial score (nSPS) is 20.3. The van der Waals surface area contributed by atoms with E-state index in [-0.39, 0.29) is 11.8 Å². The summed E-state index contributed by atoms with van der Waals surface area (Å²) >= 11 is 1.54. The number of pyridine rings is 1. The second-order valence-corrected chi connectivity index (χ2v) is 7.29. The van der Waals surface area contributed by atoms with Crippen LogP contribution in [0.4, 0.5) is 0 Å². The minimum absolute atomic E-state index is 0.125. The molecule has 0 radical (unpaired) electrons. The summed E-state index contributed by atoms with van der Waals surface area (Å²) in [6.45, 7) is 0.549. The number of thiazole rings is 1. The van der Waals surface area contributed by atoms with Gasteiger partial charge in [-0.15, -0.1) is 11.3 Å². The summed E-state index contributed by atoms with van der Waals surface area (Å²) in [6.07, 6.45) is 3.42. The van der Waals surface area contributed by atoms with Crippen LogP contribution in [0.15, 0.2) is 41.3 Å². The maximum Gasteiger partial charge on any atom is 0.173 e. The van der Waals surface area contributed by atoms with Gasteiger partial charge in [-0.05, 0) is 12.1 Å². The summed E-state index contributed by atoms with van der Waals surface area (Å²) in [5.74, 6) is 0.129. The Morgan fingerprint density at radius 3 is 3.00 bits per heavy atom. The van der Waals surface area contributed by atoms with Crippen molar-refractivity contribution in [1.82, 2.24) is 15.3 Å². The van der Waals surface area contributed by atoms with Gasteiger partial charge >= 0.3 is 0 Å². The molecule has 2 aromatic heterocycles. The maximum absolute atomic E-state index is 11.3. The lowest BCUT2D eigenvalue weighted by Crippen LogP contribution is -2.29. The van der Waals surface area contributed by atoms with Crippen LogP contribution in [-0.4, -0.2) is 30.2 Å². The fourth-order valence-corrected chi connectivity index (χ4v) is 4.00. The highest BCUT2D eigenvalue weighted by atomic mass is 32.2. The Morgan fingerprint density at radius 1 is 1.40 bits per heavy atom. The van der Waals surface area contributed by atoms with Crippen LogP contribution < -0.4 is 5.32 Å². The molecule has 2 aromatic rings. The fourth-order valence-electron chi connectivity index (χ4n) is 1.93. The average molecular weight is 307 g/mol. The van der Waals surface area contributed by atoms with E-state index in [1.54, 1.807) is 12.3 Å². The Kier molecular flexibility index (Phi) is 3.64. The molecule has 5 nitrogen and oxygen atoms in total. The van der Waals surface area contributed by atoms with Gasteiger partial charge in [0.25, 0.3) is 0 Å². The number of nitrogens with zero attached hydrogens (tertiary/aromatic N) is 2. The molecule has 0 bridgehead atoms. The molecular formula is C13H13N3O2S2. The van der Waals surface area contributed by atoms with Crippen molar-refractivity contribution in [3.63, 3.8) is 0 Å². The molecule has 0 saturated heterocycles. The van der Waals surface area contributed by atoms with E-state index < -0.39 is 9.84 Å². The largest absolute Gasteiger partial charge is 0.304 e. The smallest absolute Gasteiger partial charge is 0.173 e. The van der Waals surface area contributed by atoms with Gasteiger partial charge in [0.1, 0.15) is 5.01 Å². The van der Waals surface area contributed by atoms with Crippen molar-refractivity contribution in [3.8, 4) is 10.7 Å². The van der Waals surface area contributed by atoms with E-state index in [9.17, 15) is 8.42 Å². The predicted octanol–water partition coefficient (Wildman–Crippen LogP) is 1.61. The van der Waals surface area contributed by atoms with E-state index in [4.69, 9.17) is 0 Å². The van der Waals surface area contributed by atoms with Gasteiger partial charge in [0.15, 0.2) is 9.84 Å². The third-order valence-electron chi connectivity index (χ3n) is 2.91. The molecule has 3 rings (SSSR count). The van der Waals surface area contributed by atoms with Gasteiger partial charge in [0, 0.05) is 29.6 Å². The van der Waals surface area contributed by atoms with Crippen molar-refractivity contribution in [1.29, 1.82) is 0 Å². The highest BCUT2D eigenvalue weighted by molar-refractivity contribution is 7.94. The molecule has 0 fully saturated rings. The molecule has 20 heavy (non-hydrogen) atoms. The fraction of sp³-hybridized carbons (Fsp3) is 0.231. The summed E-state index contributed by atoms with van der Waals surface area (Å²) in [6, 6.07) is 5.59. The van der Waals surface area contributed by atoms with E-state index in [1.807, 2.05) is 23.6 Å². The molecule has 1 atom stereocenters. The van der Waals surface area contributed by atoms with Crippen LogP contribution in [0, 0.1) is 0 Å². The van der Waals surface area contributed by atoms with Crippen LogP contribution in [0.3, 0.4) is 0 Å². The van der Waals surface area contributed by atoms with E-state index in [0.717, 1.165) is 16.4 Å². The number of hydrogen-bond donors (Lipinski definition) is 1. The molecule has 1 unspecified atom stereocenters. The molecule has 104 valence electrons. The van der Waals surface area contributed by atoms with E-state index in [0.29, 0.717) is 6.54 Å². The first kappa shape index (κ1) is 13.4. The lowest BCUT2D eigenvalue weighted by molar-refractivity contribution is 0.589. The Morgan fingerprint density at radius 2 is 2.30 bits per heavy atom. The Bertz CT molecular complexity index is 723. The van der Waals surface area contributed by atoms with Crippen LogP contribution in [0.5, 0.6) is 0 Å².